The average Bonchev–Trinajstić information content (AvgIpc) is 3.26. The number of carbonyl (C=O) groups excluding carboxylic acids is 1. The van der Waals surface area contributed by atoms with Gasteiger partial charge in [-0.05, 0) is 36.4 Å². The molecule has 1 saturated heterocycles. The van der Waals surface area contributed by atoms with Crippen LogP contribution < -0.4 is 10.8 Å². The fourth-order valence-electron chi connectivity index (χ4n) is 4.80. The number of rotatable bonds is 6. The largest absolute Gasteiger partial charge is 0.367 e. The van der Waals surface area contributed by atoms with E-state index in [9.17, 15) is 4.79 Å². The maximum absolute atomic E-state index is 13.0. The minimum atomic E-state index is -0.0213. The minimum absolute atomic E-state index is 0.0213. The number of hydrogen-bond acceptors (Lipinski definition) is 4. The first kappa shape index (κ1) is 23.4. The molecule has 0 aliphatic carbocycles. The molecule has 1 N–H and O–H groups in total. The van der Waals surface area contributed by atoms with Gasteiger partial charge in [0.05, 0.1) is 5.69 Å². The number of anilines is 1. The Morgan fingerprint density at radius 2 is 1.86 bits per heavy atom. The highest BCUT2D eigenvalue weighted by atomic mass is 35.5. The summed E-state index contributed by atoms with van der Waals surface area (Å²) in [5.74, 6) is 1.11. The van der Waals surface area contributed by atoms with Crippen LogP contribution in [0.3, 0.4) is 0 Å². The zero-order valence-electron chi connectivity index (χ0n) is 20.1. The summed E-state index contributed by atoms with van der Waals surface area (Å²) in [6, 6.07) is 20.2. The van der Waals surface area contributed by atoms with Gasteiger partial charge >= 0.3 is 0 Å². The summed E-state index contributed by atoms with van der Waals surface area (Å²) in [5.41, 5.74) is 4.74. The molecular weight excluding hydrogens is 457 g/mol. The number of amides is 1. The second-order valence-electron chi connectivity index (χ2n) is 9.40. The fourth-order valence-corrected chi connectivity index (χ4v) is 5.03. The van der Waals surface area contributed by atoms with Gasteiger partial charge in [0.25, 0.3) is 0 Å². The lowest BCUT2D eigenvalue weighted by atomic mass is 9.97. The standard InChI is InChI=1S/C27H29BClN5O/c1-18(15-19-7-3-2-4-8-19)27(35)33-13-11-20(12-14-33)31-25-16-24(21-9-5-6-10-23(21)29)32-26-22(28)17-30-34(25)26/h2-10,16-18,20,31H,11-15,28H2,1H3. The lowest BCUT2D eigenvalue weighted by Crippen LogP contribution is -2.44. The summed E-state index contributed by atoms with van der Waals surface area (Å²) in [6.45, 7) is 3.53. The number of carbonyl (C=O) groups is 1. The molecule has 0 bridgehead atoms. The van der Waals surface area contributed by atoms with Gasteiger partial charge < -0.3 is 10.2 Å². The molecule has 1 unspecified atom stereocenters. The minimum Gasteiger partial charge on any atom is -0.367 e. The molecular formula is C27H29BClN5O. The first-order chi connectivity index (χ1) is 17.0. The SMILES string of the molecule is Bc1cnn2c(NC3CCN(C(=O)C(C)Cc4ccccc4)CC3)cc(-c3ccccc3Cl)nc12. The topological polar surface area (TPSA) is 62.5 Å². The van der Waals surface area contributed by atoms with Crippen molar-refractivity contribution in [2.45, 2.75) is 32.2 Å². The van der Waals surface area contributed by atoms with Crippen molar-refractivity contribution >= 4 is 42.3 Å². The van der Waals surface area contributed by atoms with Crippen molar-refractivity contribution in [3.63, 3.8) is 0 Å². The molecule has 2 aromatic heterocycles. The smallest absolute Gasteiger partial charge is 0.225 e. The van der Waals surface area contributed by atoms with E-state index in [1.54, 1.807) is 0 Å². The summed E-state index contributed by atoms with van der Waals surface area (Å²) in [6.07, 6.45) is 4.38. The highest BCUT2D eigenvalue weighted by molar-refractivity contribution is 6.36. The number of hydrogen-bond donors (Lipinski definition) is 1. The molecule has 0 radical (unpaired) electrons. The quantitative estimate of drug-likeness (QED) is 0.424. The van der Waals surface area contributed by atoms with Crippen LogP contribution in [0.5, 0.6) is 0 Å². The third kappa shape index (κ3) is 5.05. The van der Waals surface area contributed by atoms with Crippen LogP contribution in [0.2, 0.25) is 5.02 Å². The predicted octanol–water partition coefficient (Wildman–Crippen LogP) is 3.59. The van der Waals surface area contributed by atoms with Gasteiger partial charge in [0, 0.05) is 47.9 Å². The lowest BCUT2D eigenvalue weighted by Gasteiger charge is -2.34. The van der Waals surface area contributed by atoms with Gasteiger partial charge in [-0.3, -0.25) is 4.79 Å². The zero-order valence-corrected chi connectivity index (χ0v) is 20.9. The number of benzene rings is 2. The molecule has 5 rings (SSSR count). The van der Waals surface area contributed by atoms with Crippen molar-refractivity contribution in [2.24, 2.45) is 5.92 Å². The van der Waals surface area contributed by atoms with E-state index in [0.717, 1.165) is 60.5 Å². The maximum atomic E-state index is 13.0. The Bertz CT molecular complexity index is 1330. The Morgan fingerprint density at radius 1 is 1.14 bits per heavy atom. The van der Waals surface area contributed by atoms with E-state index in [2.05, 4.69) is 22.5 Å². The maximum Gasteiger partial charge on any atom is 0.225 e. The predicted molar refractivity (Wildman–Crippen MR) is 144 cm³/mol. The molecule has 8 heteroatoms. The van der Waals surface area contributed by atoms with Gasteiger partial charge in [-0.2, -0.15) is 9.61 Å². The second-order valence-corrected chi connectivity index (χ2v) is 9.81. The highest BCUT2D eigenvalue weighted by Gasteiger charge is 2.27. The van der Waals surface area contributed by atoms with Crippen molar-refractivity contribution in [3.05, 3.63) is 77.4 Å². The number of aromatic nitrogens is 3. The third-order valence-electron chi connectivity index (χ3n) is 6.76. The van der Waals surface area contributed by atoms with Crippen molar-refractivity contribution in [3.8, 4) is 11.3 Å². The molecule has 1 fully saturated rings. The van der Waals surface area contributed by atoms with E-state index in [-0.39, 0.29) is 17.9 Å². The van der Waals surface area contributed by atoms with Crippen LogP contribution in [-0.4, -0.2) is 52.4 Å². The summed E-state index contributed by atoms with van der Waals surface area (Å²) in [5, 5.41) is 8.89. The van der Waals surface area contributed by atoms with E-state index >= 15 is 0 Å². The van der Waals surface area contributed by atoms with Crippen LogP contribution in [0.25, 0.3) is 16.9 Å². The van der Waals surface area contributed by atoms with Crippen LogP contribution in [0.15, 0.2) is 66.9 Å². The van der Waals surface area contributed by atoms with Crippen LogP contribution in [0, 0.1) is 5.92 Å². The Balaban J connectivity index is 1.28. The van der Waals surface area contributed by atoms with Crippen molar-refractivity contribution in [2.75, 3.05) is 18.4 Å². The number of nitrogens with zero attached hydrogens (tertiary/aromatic N) is 4. The second kappa shape index (κ2) is 10.1. The molecule has 178 valence electrons. The molecule has 1 aliphatic heterocycles. The van der Waals surface area contributed by atoms with Crippen LogP contribution >= 0.6 is 11.6 Å². The molecule has 1 aliphatic rings. The molecule has 3 heterocycles. The zero-order chi connectivity index (χ0) is 24.4. The van der Waals surface area contributed by atoms with Crippen LogP contribution in [0.4, 0.5) is 5.82 Å². The van der Waals surface area contributed by atoms with Gasteiger partial charge in [0.2, 0.25) is 5.91 Å². The van der Waals surface area contributed by atoms with E-state index in [1.807, 2.05) is 78.9 Å². The van der Waals surface area contributed by atoms with Crippen LogP contribution in [-0.2, 0) is 11.2 Å². The normalized spacial score (nSPS) is 15.3. The number of likely N-dealkylation sites (tertiary alicyclic amines) is 1. The number of nitrogens with one attached hydrogen (secondary N) is 1. The molecule has 1 amide bonds. The first-order valence-corrected chi connectivity index (χ1v) is 12.6. The molecule has 35 heavy (non-hydrogen) atoms. The van der Waals surface area contributed by atoms with Gasteiger partial charge in [-0.1, -0.05) is 67.1 Å². The van der Waals surface area contributed by atoms with Crippen LogP contribution in [0.1, 0.15) is 25.3 Å². The fraction of sp³-hybridized carbons (Fsp3) is 0.296. The van der Waals surface area contributed by atoms with Gasteiger partial charge in [0.1, 0.15) is 13.7 Å². The number of piperidine rings is 1. The van der Waals surface area contributed by atoms with Gasteiger partial charge in [-0.15, -0.1) is 0 Å². The number of fused-ring (bicyclic) bond motifs is 1. The summed E-state index contributed by atoms with van der Waals surface area (Å²) in [7, 11) is 2.01. The van der Waals surface area contributed by atoms with Gasteiger partial charge in [-0.25, -0.2) is 4.98 Å². The summed E-state index contributed by atoms with van der Waals surface area (Å²) in [4.78, 5) is 19.9. The van der Waals surface area contributed by atoms with E-state index in [0.29, 0.717) is 5.02 Å². The molecule has 6 nitrogen and oxygen atoms in total. The third-order valence-corrected chi connectivity index (χ3v) is 7.09. The Labute approximate surface area is 211 Å². The lowest BCUT2D eigenvalue weighted by molar-refractivity contribution is -0.135. The van der Waals surface area contributed by atoms with E-state index in [4.69, 9.17) is 16.6 Å². The molecule has 1 atom stereocenters. The van der Waals surface area contributed by atoms with E-state index in [1.165, 1.54) is 5.56 Å². The Kier molecular flexibility index (Phi) is 6.78. The monoisotopic (exact) mass is 485 g/mol. The summed E-state index contributed by atoms with van der Waals surface area (Å²) >= 11 is 6.47. The Hall–Kier alpha value is -3.32. The number of halogens is 1. The molecule has 0 spiro atoms. The first-order valence-electron chi connectivity index (χ1n) is 12.2. The van der Waals surface area contributed by atoms with Gasteiger partial charge in [0.15, 0.2) is 5.65 Å². The van der Waals surface area contributed by atoms with Crippen molar-refractivity contribution < 1.29 is 4.79 Å². The van der Waals surface area contributed by atoms with E-state index < -0.39 is 0 Å². The molecule has 4 aromatic rings. The summed E-state index contributed by atoms with van der Waals surface area (Å²) < 4.78 is 1.86. The average molecular weight is 486 g/mol. The van der Waals surface area contributed by atoms with Crippen molar-refractivity contribution in [1.82, 2.24) is 19.5 Å². The highest BCUT2D eigenvalue weighted by Crippen LogP contribution is 2.29. The van der Waals surface area contributed by atoms with Crippen molar-refractivity contribution in [1.29, 1.82) is 0 Å². The molecule has 2 aromatic carbocycles. The Morgan fingerprint density at radius 3 is 2.60 bits per heavy atom. The molecule has 0 saturated carbocycles.